The Morgan fingerprint density at radius 1 is 0.769 bits per heavy atom. The van der Waals surface area contributed by atoms with Crippen molar-refractivity contribution in [1.29, 1.82) is 0 Å². The van der Waals surface area contributed by atoms with E-state index in [9.17, 15) is 0 Å². The monoisotopic (exact) mass is 194 g/mol. The Kier molecular flexibility index (Phi) is 11.7. The third kappa shape index (κ3) is 24.5. The lowest BCUT2D eigenvalue weighted by molar-refractivity contribution is 0.110. The van der Waals surface area contributed by atoms with E-state index in [1.54, 1.807) is 13.8 Å². The van der Waals surface area contributed by atoms with Gasteiger partial charge in [0.15, 0.2) is 0 Å². The molecule has 82 valence electrons. The van der Waals surface area contributed by atoms with Crippen LogP contribution >= 0.6 is 0 Å². The van der Waals surface area contributed by atoms with E-state index in [-0.39, 0.29) is 18.8 Å². The van der Waals surface area contributed by atoms with Gasteiger partial charge in [-0.1, -0.05) is 0 Å². The van der Waals surface area contributed by atoms with E-state index in [1.165, 1.54) is 6.92 Å². The predicted octanol–water partition coefficient (Wildman–Crippen LogP) is -0.112. The second kappa shape index (κ2) is 9.92. The van der Waals surface area contributed by atoms with Crippen LogP contribution in [0.5, 0.6) is 0 Å². The van der Waals surface area contributed by atoms with Crippen molar-refractivity contribution in [2.75, 3.05) is 6.61 Å². The second-order valence-corrected chi connectivity index (χ2v) is 3.31. The Morgan fingerprint density at radius 2 is 1.00 bits per heavy atom. The van der Waals surface area contributed by atoms with E-state index in [4.69, 9.17) is 20.4 Å². The zero-order valence-corrected chi connectivity index (χ0v) is 8.64. The number of aliphatic hydroxyl groups is 4. The molecule has 0 radical (unpaired) electrons. The molecule has 0 fully saturated rings. The van der Waals surface area contributed by atoms with Crippen molar-refractivity contribution < 1.29 is 20.4 Å². The maximum absolute atomic E-state index is 8.69. The average Bonchev–Trinajstić information content (AvgIpc) is 2.02. The van der Waals surface area contributed by atoms with E-state index in [0.29, 0.717) is 12.8 Å². The minimum Gasteiger partial charge on any atom is -0.394 e. The maximum atomic E-state index is 8.69. The summed E-state index contributed by atoms with van der Waals surface area (Å²) in [7, 11) is 0. The fourth-order valence-electron chi connectivity index (χ4n) is 0.482. The van der Waals surface area contributed by atoms with Crippen molar-refractivity contribution in [1.82, 2.24) is 0 Å². The summed E-state index contributed by atoms with van der Waals surface area (Å²) in [6, 6.07) is 0. The Balaban J connectivity index is 0. The van der Waals surface area contributed by atoms with Gasteiger partial charge in [-0.2, -0.15) is 0 Å². The number of hydrogen-bond donors (Lipinski definition) is 4. The molecule has 0 heterocycles. The van der Waals surface area contributed by atoms with Crippen LogP contribution in [-0.4, -0.2) is 45.3 Å². The highest BCUT2D eigenvalue weighted by Crippen LogP contribution is 1.98. The first-order chi connectivity index (χ1) is 5.90. The van der Waals surface area contributed by atoms with Crippen molar-refractivity contribution in [3.05, 3.63) is 0 Å². The normalized spacial score (nSPS) is 16.8. The highest BCUT2D eigenvalue weighted by Gasteiger charge is 1.98. The van der Waals surface area contributed by atoms with Crippen molar-refractivity contribution in [3.8, 4) is 0 Å². The van der Waals surface area contributed by atoms with Crippen LogP contribution in [0.3, 0.4) is 0 Å². The summed E-state index contributed by atoms with van der Waals surface area (Å²) < 4.78 is 0. The molecule has 4 N–H and O–H groups in total. The average molecular weight is 194 g/mol. The lowest BCUT2D eigenvalue weighted by atomic mass is 10.1. The Bertz CT molecular complexity index is 83.6. The molecule has 13 heavy (non-hydrogen) atoms. The van der Waals surface area contributed by atoms with Gasteiger partial charge >= 0.3 is 0 Å². The number of hydrogen-bond acceptors (Lipinski definition) is 4. The molecule has 0 rings (SSSR count). The van der Waals surface area contributed by atoms with Crippen molar-refractivity contribution in [3.63, 3.8) is 0 Å². The zero-order chi connectivity index (χ0) is 10.9. The Labute approximate surface area is 79.8 Å². The summed E-state index contributed by atoms with van der Waals surface area (Å²) >= 11 is 0. The molecule has 0 aromatic heterocycles. The standard InChI is InChI=1S/C6H14O2.C3H8O2/c1-5(7)3-4-6(2)8;1-3(5)2-4/h5-8H,3-4H2,1-2H3;3-5H,2H2,1H3. The molecule has 4 nitrogen and oxygen atoms in total. The minimum absolute atomic E-state index is 0.139. The van der Waals surface area contributed by atoms with E-state index >= 15 is 0 Å². The van der Waals surface area contributed by atoms with E-state index < -0.39 is 6.10 Å². The molecule has 3 unspecified atom stereocenters. The lowest BCUT2D eigenvalue weighted by Crippen LogP contribution is -2.06. The third-order valence-electron chi connectivity index (χ3n) is 1.27. The van der Waals surface area contributed by atoms with Crippen LogP contribution in [0.25, 0.3) is 0 Å². The van der Waals surface area contributed by atoms with Crippen LogP contribution in [-0.2, 0) is 0 Å². The zero-order valence-electron chi connectivity index (χ0n) is 8.64. The third-order valence-corrected chi connectivity index (χ3v) is 1.27. The predicted molar refractivity (Wildman–Crippen MR) is 51.4 cm³/mol. The van der Waals surface area contributed by atoms with Gasteiger partial charge in [0.1, 0.15) is 0 Å². The van der Waals surface area contributed by atoms with Gasteiger partial charge in [0.2, 0.25) is 0 Å². The molecule has 0 amide bonds. The molecule has 4 heteroatoms. The number of rotatable bonds is 4. The van der Waals surface area contributed by atoms with E-state index in [0.717, 1.165) is 0 Å². The first-order valence-corrected chi connectivity index (χ1v) is 4.55. The highest BCUT2D eigenvalue weighted by molar-refractivity contribution is 4.51. The van der Waals surface area contributed by atoms with Gasteiger partial charge in [-0.15, -0.1) is 0 Å². The smallest absolute Gasteiger partial charge is 0.0742 e. The van der Waals surface area contributed by atoms with Crippen molar-refractivity contribution in [2.45, 2.75) is 51.9 Å². The van der Waals surface area contributed by atoms with Crippen LogP contribution in [0.4, 0.5) is 0 Å². The molecular formula is C9H22O4. The largest absolute Gasteiger partial charge is 0.394 e. The summed E-state index contributed by atoms with van der Waals surface area (Å²) in [5.41, 5.74) is 0. The molecular weight excluding hydrogens is 172 g/mol. The van der Waals surface area contributed by atoms with Gasteiger partial charge in [0.05, 0.1) is 24.9 Å². The Morgan fingerprint density at radius 3 is 1.08 bits per heavy atom. The molecule has 3 atom stereocenters. The number of aliphatic hydroxyl groups excluding tert-OH is 4. The lowest BCUT2D eigenvalue weighted by Gasteiger charge is -2.04. The van der Waals surface area contributed by atoms with Gasteiger partial charge in [0.25, 0.3) is 0 Å². The molecule has 0 aliphatic heterocycles. The summed E-state index contributed by atoms with van der Waals surface area (Å²) in [6.07, 6.45) is 0.277. The van der Waals surface area contributed by atoms with Crippen LogP contribution in [0.1, 0.15) is 33.6 Å². The van der Waals surface area contributed by atoms with Crippen LogP contribution < -0.4 is 0 Å². The van der Waals surface area contributed by atoms with Crippen LogP contribution in [0.15, 0.2) is 0 Å². The van der Waals surface area contributed by atoms with Gasteiger partial charge in [-0.25, -0.2) is 0 Å². The van der Waals surface area contributed by atoms with Gasteiger partial charge in [-0.3, -0.25) is 0 Å². The first-order valence-electron chi connectivity index (χ1n) is 4.55. The molecule has 0 aromatic carbocycles. The molecule has 0 aliphatic carbocycles. The minimum atomic E-state index is -0.560. The van der Waals surface area contributed by atoms with Gasteiger partial charge in [-0.05, 0) is 33.6 Å². The summed E-state index contributed by atoms with van der Waals surface area (Å²) in [4.78, 5) is 0. The van der Waals surface area contributed by atoms with Crippen LogP contribution in [0.2, 0.25) is 0 Å². The maximum Gasteiger partial charge on any atom is 0.0742 e. The molecule has 0 saturated heterocycles. The molecule has 0 aromatic rings. The van der Waals surface area contributed by atoms with Crippen molar-refractivity contribution >= 4 is 0 Å². The summed E-state index contributed by atoms with van der Waals surface area (Å²) in [5.74, 6) is 0. The van der Waals surface area contributed by atoms with E-state index in [2.05, 4.69) is 0 Å². The fourth-order valence-corrected chi connectivity index (χ4v) is 0.482. The van der Waals surface area contributed by atoms with Gasteiger partial charge < -0.3 is 20.4 Å². The SMILES string of the molecule is CC(O)CCC(C)O.CC(O)CO. The second-order valence-electron chi connectivity index (χ2n) is 3.31. The molecule has 0 saturated carbocycles. The molecule has 0 aliphatic rings. The summed E-state index contributed by atoms with van der Waals surface area (Å²) in [5, 5.41) is 33.4. The van der Waals surface area contributed by atoms with E-state index in [1.807, 2.05) is 0 Å². The highest BCUT2D eigenvalue weighted by atomic mass is 16.3. The molecule has 0 bridgehead atoms. The quantitative estimate of drug-likeness (QED) is 0.503. The first kappa shape index (κ1) is 15.3. The van der Waals surface area contributed by atoms with Crippen molar-refractivity contribution in [2.24, 2.45) is 0 Å². The van der Waals surface area contributed by atoms with Gasteiger partial charge in [0, 0.05) is 0 Å². The Hall–Kier alpha value is -0.160. The topological polar surface area (TPSA) is 80.9 Å². The molecule has 0 spiro atoms. The summed E-state index contributed by atoms with van der Waals surface area (Å²) in [6.45, 7) is 4.84. The fraction of sp³-hybridized carbons (Fsp3) is 1.00. The van der Waals surface area contributed by atoms with Crippen LogP contribution in [0, 0.1) is 0 Å².